The molecule has 4 nitrogen and oxygen atoms in total. The number of aliphatic hydroxyl groups excluding tert-OH is 1. The molecule has 0 saturated carbocycles. The van der Waals surface area contributed by atoms with Gasteiger partial charge in [0.25, 0.3) is 0 Å². The first-order valence-electron chi connectivity index (χ1n) is 3.18. The van der Waals surface area contributed by atoms with Crippen LogP contribution in [0.1, 0.15) is 20.3 Å². The predicted octanol–water partition coefficient (Wildman–Crippen LogP) is 0.515. The van der Waals surface area contributed by atoms with E-state index < -0.39 is 12.3 Å². The van der Waals surface area contributed by atoms with Crippen LogP contribution in [0.2, 0.25) is 0 Å². The normalized spacial score (nSPS) is 13.5. The van der Waals surface area contributed by atoms with E-state index in [-0.39, 0.29) is 0 Å². The van der Waals surface area contributed by atoms with E-state index in [4.69, 9.17) is 5.11 Å². The van der Waals surface area contributed by atoms with Crippen LogP contribution in [0, 0.1) is 0 Å². The second kappa shape index (κ2) is 4.93. The molecule has 0 aromatic carbocycles. The average molecular weight is 144 g/mol. The molecule has 0 aromatic heterocycles. The van der Waals surface area contributed by atoms with Gasteiger partial charge >= 0.3 is 6.03 Å². The lowest BCUT2D eigenvalue weighted by atomic mass is 10.5. The molecule has 0 heterocycles. The van der Waals surface area contributed by atoms with Crippen molar-refractivity contribution in [2.45, 2.75) is 26.5 Å². The lowest BCUT2D eigenvalue weighted by molar-refractivity contribution is 0.161. The Labute approximate surface area is 60.0 Å². The van der Waals surface area contributed by atoms with Gasteiger partial charge in [0.15, 0.2) is 0 Å². The summed E-state index contributed by atoms with van der Waals surface area (Å²) >= 11 is 0. The molecule has 10 heavy (non-hydrogen) atoms. The van der Waals surface area contributed by atoms with Gasteiger partial charge in [0, 0.05) is 6.21 Å². The van der Waals surface area contributed by atoms with Crippen LogP contribution in [-0.2, 0) is 0 Å². The maximum atomic E-state index is 10.5. The SMILES string of the molecule is CCC=NC(=O)NC(C)O. The third-order valence-corrected chi connectivity index (χ3v) is 0.723. The molecule has 0 spiro atoms. The highest BCUT2D eigenvalue weighted by molar-refractivity contribution is 5.83. The number of aliphatic imine (C=N–C) groups is 1. The van der Waals surface area contributed by atoms with Crippen LogP contribution in [0.5, 0.6) is 0 Å². The number of urea groups is 1. The summed E-state index contributed by atoms with van der Waals surface area (Å²) in [6.07, 6.45) is 1.37. The highest BCUT2D eigenvalue weighted by Crippen LogP contribution is 1.77. The summed E-state index contributed by atoms with van der Waals surface area (Å²) in [4.78, 5) is 14.0. The van der Waals surface area contributed by atoms with Crippen molar-refractivity contribution in [2.75, 3.05) is 0 Å². The largest absolute Gasteiger partial charge is 0.374 e. The maximum absolute atomic E-state index is 10.5. The summed E-state index contributed by atoms with van der Waals surface area (Å²) in [6.45, 7) is 3.33. The van der Waals surface area contributed by atoms with E-state index in [2.05, 4.69) is 10.3 Å². The highest BCUT2D eigenvalue weighted by atomic mass is 16.3. The number of nitrogens with one attached hydrogen (secondary N) is 1. The monoisotopic (exact) mass is 144 g/mol. The number of carbonyl (C=O) groups is 1. The molecule has 0 aliphatic heterocycles. The van der Waals surface area contributed by atoms with Gasteiger partial charge in [-0.1, -0.05) is 6.92 Å². The molecule has 0 saturated heterocycles. The number of hydrogen-bond acceptors (Lipinski definition) is 2. The zero-order chi connectivity index (χ0) is 7.98. The Morgan fingerprint density at radius 2 is 2.50 bits per heavy atom. The minimum Gasteiger partial charge on any atom is -0.374 e. The van der Waals surface area contributed by atoms with Gasteiger partial charge in [-0.2, -0.15) is 0 Å². The summed E-state index contributed by atoms with van der Waals surface area (Å²) in [6, 6.07) is -0.503. The fourth-order valence-corrected chi connectivity index (χ4v) is 0.390. The molecule has 2 N–H and O–H groups in total. The highest BCUT2D eigenvalue weighted by Gasteiger charge is 1.97. The number of aliphatic hydroxyl groups is 1. The van der Waals surface area contributed by atoms with Crippen molar-refractivity contribution in [1.29, 1.82) is 0 Å². The van der Waals surface area contributed by atoms with Crippen LogP contribution >= 0.6 is 0 Å². The van der Waals surface area contributed by atoms with Crippen molar-refractivity contribution in [3.63, 3.8) is 0 Å². The smallest absolute Gasteiger partial charge is 0.342 e. The van der Waals surface area contributed by atoms with Gasteiger partial charge < -0.3 is 10.4 Å². The van der Waals surface area contributed by atoms with Gasteiger partial charge in [-0.25, -0.2) is 9.79 Å². The van der Waals surface area contributed by atoms with Crippen LogP contribution in [0.15, 0.2) is 4.99 Å². The Balaban J connectivity index is 3.54. The molecule has 0 radical (unpaired) electrons. The second-order valence-corrected chi connectivity index (χ2v) is 1.85. The summed E-state index contributed by atoms with van der Waals surface area (Å²) in [5.74, 6) is 0. The molecular weight excluding hydrogens is 132 g/mol. The molecule has 0 rings (SSSR count). The average Bonchev–Trinajstić information content (AvgIpc) is 1.82. The molecule has 58 valence electrons. The first-order valence-corrected chi connectivity index (χ1v) is 3.18. The van der Waals surface area contributed by atoms with E-state index in [0.717, 1.165) is 0 Å². The Morgan fingerprint density at radius 3 is 2.90 bits per heavy atom. The maximum Gasteiger partial charge on any atom is 0.342 e. The van der Waals surface area contributed by atoms with Gasteiger partial charge in [0.05, 0.1) is 0 Å². The zero-order valence-electron chi connectivity index (χ0n) is 6.16. The predicted molar refractivity (Wildman–Crippen MR) is 39.0 cm³/mol. The number of amides is 2. The number of carbonyl (C=O) groups excluding carboxylic acids is 1. The molecule has 4 heteroatoms. The summed E-state index contributed by atoms with van der Waals surface area (Å²) in [5.41, 5.74) is 0. The van der Waals surface area contributed by atoms with Gasteiger partial charge in [0.2, 0.25) is 0 Å². The third kappa shape index (κ3) is 5.24. The molecule has 0 aliphatic rings. The van der Waals surface area contributed by atoms with E-state index in [0.29, 0.717) is 6.42 Å². The standard InChI is InChI=1S/C6H12N2O2/c1-3-4-7-6(10)8-5(2)9/h4-5,9H,3H2,1-2H3,(H,8,10). The molecule has 0 aromatic rings. The third-order valence-electron chi connectivity index (χ3n) is 0.723. The van der Waals surface area contributed by atoms with Crippen LogP contribution in [0.4, 0.5) is 4.79 Å². The van der Waals surface area contributed by atoms with Gasteiger partial charge in [0.1, 0.15) is 6.23 Å². The topological polar surface area (TPSA) is 61.7 Å². The fraction of sp³-hybridized carbons (Fsp3) is 0.667. The minimum absolute atomic E-state index is 0.503. The van der Waals surface area contributed by atoms with Crippen LogP contribution < -0.4 is 5.32 Å². The van der Waals surface area contributed by atoms with Crippen molar-refractivity contribution in [3.05, 3.63) is 0 Å². The van der Waals surface area contributed by atoms with E-state index in [1.165, 1.54) is 13.1 Å². The molecule has 0 fully saturated rings. The first-order chi connectivity index (χ1) is 4.66. The number of nitrogens with zero attached hydrogens (tertiary/aromatic N) is 1. The Kier molecular flexibility index (Phi) is 4.49. The van der Waals surface area contributed by atoms with Crippen LogP contribution in [0.3, 0.4) is 0 Å². The van der Waals surface area contributed by atoms with Gasteiger partial charge in [-0.05, 0) is 13.3 Å². The van der Waals surface area contributed by atoms with E-state index >= 15 is 0 Å². The summed E-state index contributed by atoms with van der Waals surface area (Å²) in [5, 5.41) is 10.8. The summed E-state index contributed by atoms with van der Waals surface area (Å²) in [7, 11) is 0. The zero-order valence-corrected chi connectivity index (χ0v) is 6.16. The molecular formula is C6H12N2O2. The molecule has 1 atom stereocenters. The minimum atomic E-state index is -0.832. The number of hydrogen-bond donors (Lipinski definition) is 2. The molecule has 0 aliphatic carbocycles. The van der Waals surface area contributed by atoms with Crippen molar-refractivity contribution in [2.24, 2.45) is 4.99 Å². The molecule has 0 bridgehead atoms. The Morgan fingerprint density at radius 1 is 1.90 bits per heavy atom. The Hall–Kier alpha value is -0.900. The fourth-order valence-electron chi connectivity index (χ4n) is 0.390. The van der Waals surface area contributed by atoms with Crippen LogP contribution in [0.25, 0.3) is 0 Å². The van der Waals surface area contributed by atoms with E-state index in [9.17, 15) is 4.79 Å². The lowest BCUT2D eigenvalue weighted by Gasteiger charge is -2.01. The second-order valence-electron chi connectivity index (χ2n) is 1.85. The van der Waals surface area contributed by atoms with Crippen molar-refractivity contribution in [3.8, 4) is 0 Å². The first kappa shape index (κ1) is 9.10. The van der Waals surface area contributed by atoms with Crippen LogP contribution in [-0.4, -0.2) is 23.6 Å². The quantitative estimate of drug-likeness (QED) is 0.438. The van der Waals surface area contributed by atoms with E-state index in [1.807, 2.05) is 6.92 Å². The van der Waals surface area contributed by atoms with Crippen molar-refractivity contribution in [1.82, 2.24) is 5.32 Å². The van der Waals surface area contributed by atoms with Gasteiger partial charge in [-0.3, -0.25) is 0 Å². The van der Waals surface area contributed by atoms with Gasteiger partial charge in [-0.15, -0.1) is 0 Å². The summed E-state index contributed by atoms with van der Waals surface area (Å²) < 4.78 is 0. The lowest BCUT2D eigenvalue weighted by Crippen LogP contribution is -2.29. The van der Waals surface area contributed by atoms with Crippen molar-refractivity contribution < 1.29 is 9.90 Å². The molecule has 1 unspecified atom stereocenters. The number of rotatable bonds is 2. The van der Waals surface area contributed by atoms with E-state index in [1.54, 1.807) is 0 Å². The molecule has 2 amide bonds. The van der Waals surface area contributed by atoms with Crippen molar-refractivity contribution >= 4 is 12.2 Å². The Bertz CT molecular complexity index is 132.